The summed E-state index contributed by atoms with van der Waals surface area (Å²) in [6.45, 7) is 4.49. The molecule has 0 spiro atoms. The summed E-state index contributed by atoms with van der Waals surface area (Å²) in [5.41, 5.74) is 1.42. The smallest absolute Gasteiger partial charge is 0.240 e. The van der Waals surface area contributed by atoms with Crippen molar-refractivity contribution < 1.29 is 14.3 Å². The second-order valence-electron chi connectivity index (χ2n) is 8.05. The van der Waals surface area contributed by atoms with E-state index in [4.69, 9.17) is 4.74 Å². The third-order valence-corrected chi connectivity index (χ3v) is 6.24. The Morgan fingerprint density at radius 3 is 2.55 bits per heavy atom. The number of carbonyl (C=O) groups excluding carboxylic acids is 2. The van der Waals surface area contributed by atoms with Gasteiger partial charge in [-0.05, 0) is 43.0 Å². The molecule has 29 heavy (non-hydrogen) atoms. The van der Waals surface area contributed by atoms with Gasteiger partial charge in [0, 0.05) is 17.6 Å². The molecule has 1 saturated carbocycles. The van der Waals surface area contributed by atoms with Gasteiger partial charge in [-0.25, -0.2) is 0 Å². The maximum atomic E-state index is 13.5. The molecule has 1 aliphatic carbocycles. The van der Waals surface area contributed by atoms with Crippen molar-refractivity contribution in [2.45, 2.75) is 45.1 Å². The Hall–Kier alpha value is -2.82. The monoisotopic (exact) mass is 392 g/mol. The van der Waals surface area contributed by atoms with Gasteiger partial charge in [-0.2, -0.15) is 0 Å². The van der Waals surface area contributed by atoms with Gasteiger partial charge in [0.2, 0.25) is 11.8 Å². The first-order valence-corrected chi connectivity index (χ1v) is 10.5. The first kappa shape index (κ1) is 19.5. The van der Waals surface area contributed by atoms with Crippen molar-refractivity contribution in [3.05, 3.63) is 60.2 Å². The van der Waals surface area contributed by atoms with E-state index in [1.165, 1.54) is 0 Å². The minimum absolute atomic E-state index is 0.00294. The number of nitrogens with one attached hydrogen (secondary N) is 1. The molecular formula is C24H28N2O3. The van der Waals surface area contributed by atoms with Gasteiger partial charge in [-0.15, -0.1) is 0 Å². The first-order valence-electron chi connectivity index (χ1n) is 10.5. The number of nitrogens with zero attached hydrogens (tertiary/aromatic N) is 1. The number of hydrogen-bond acceptors (Lipinski definition) is 3. The van der Waals surface area contributed by atoms with Crippen molar-refractivity contribution >= 4 is 17.5 Å². The Labute approximate surface area is 172 Å². The summed E-state index contributed by atoms with van der Waals surface area (Å²) in [6, 6.07) is 17.7. The van der Waals surface area contributed by atoms with Gasteiger partial charge in [0.1, 0.15) is 18.9 Å². The second-order valence-corrected chi connectivity index (χ2v) is 8.05. The van der Waals surface area contributed by atoms with Gasteiger partial charge in [0.25, 0.3) is 0 Å². The van der Waals surface area contributed by atoms with Crippen LogP contribution in [0.2, 0.25) is 0 Å². The standard InChI is InChI=1S/C24H28N2O3/c1-3-17(4-2)25-22(27)15-26-21-13-9-8-12-19(21)20-14-24(20,23(26)28)16-29-18-10-6-5-7-11-18/h5-13,17,20H,3-4,14-16H2,1-2H3,(H,25,27)/t20-,24+/m0/s1. The summed E-state index contributed by atoms with van der Waals surface area (Å²) in [5.74, 6) is 0.808. The Morgan fingerprint density at radius 2 is 1.83 bits per heavy atom. The van der Waals surface area contributed by atoms with Gasteiger partial charge in [-0.3, -0.25) is 9.59 Å². The SMILES string of the molecule is CCC(CC)NC(=O)CN1C(=O)[C@@]2(COc3ccccc3)C[C@H]2c2ccccc21. The van der Waals surface area contributed by atoms with Gasteiger partial charge < -0.3 is 15.0 Å². The predicted molar refractivity (Wildman–Crippen MR) is 113 cm³/mol. The molecule has 0 saturated heterocycles. The van der Waals surface area contributed by atoms with Crippen LogP contribution < -0.4 is 15.0 Å². The van der Waals surface area contributed by atoms with Gasteiger partial charge in [0.05, 0.1) is 5.41 Å². The van der Waals surface area contributed by atoms with Crippen LogP contribution in [-0.4, -0.2) is 31.0 Å². The topological polar surface area (TPSA) is 58.6 Å². The van der Waals surface area contributed by atoms with Crippen LogP contribution in [0.4, 0.5) is 5.69 Å². The molecule has 5 nitrogen and oxygen atoms in total. The van der Waals surface area contributed by atoms with Crippen molar-refractivity contribution in [2.75, 3.05) is 18.1 Å². The van der Waals surface area contributed by atoms with Gasteiger partial charge >= 0.3 is 0 Å². The number of amides is 2. The summed E-state index contributed by atoms with van der Waals surface area (Å²) in [7, 11) is 0. The van der Waals surface area contributed by atoms with E-state index in [2.05, 4.69) is 25.2 Å². The predicted octanol–water partition coefficient (Wildman–Crippen LogP) is 3.89. The quantitative estimate of drug-likeness (QED) is 0.741. The maximum absolute atomic E-state index is 13.5. The third-order valence-electron chi connectivity index (χ3n) is 6.24. The van der Waals surface area contributed by atoms with Crippen LogP contribution in [0.3, 0.4) is 0 Å². The van der Waals surface area contributed by atoms with E-state index in [0.717, 1.165) is 36.3 Å². The largest absolute Gasteiger partial charge is 0.492 e. The molecule has 2 aromatic carbocycles. The molecule has 5 heteroatoms. The Kier molecular flexibility index (Phi) is 5.31. The molecule has 1 N–H and O–H groups in total. The Bertz CT molecular complexity index is 894. The average Bonchev–Trinajstić information content (AvgIpc) is 3.51. The molecule has 2 aliphatic rings. The van der Waals surface area contributed by atoms with Crippen LogP contribution in [-0.2, 0) is 9.59 Å². The molecule has 152 valence electrons. The number of carbonyl (C=O) groups is 2. The summed E-state index contributed by atoms with van der Waals surface area (Å²) >= 11 is 0. The lowest BCUT2D eigenvalue weighted by Gasteiger charge is -2.34. The molecule has 2 atom stereocenters. The molecule has 1 fully saturated rings. The summed E-state index contributed by atoms with van der Waals surface area (Å²) in [4.78, 5) is 27.8. The zero-order chi connectivity index (χ0) is 20.4. The number of anilines is 1. The number of para-hydroxylation sites is 2. The zero-order valence-electron chi connectivity index (χ0n) is 17.1. The average molecular weight is 392 g/mol. The highest BCUT2D eigenvalue weighted by atomic mass is 16.5. The summed E-state index contributed by atoms with van der Waals surface area (Å²) in [5, 5.41) is 3.05. The zero-order valence-corrected chi connectivity index (χ0v) is 17.1. The fraction of sp³-hybridized carbons (Fsp3) is 0.417. The van der Waals surface area contributed by atoms with E-state index in [0.29, 0.717) is 6.61 Å². The van der Waals surface area contributed by atoms with Gasteiger partial charge in [0.15, 0.2) is 0 Å². The van der Waals surface area contributed by atoms with Crippen LogP contribution in [0.1, 0.15) is 44.6 Å². The Morgan fingerprint density at radius 1 is 1.14 bits per heavy atom. The van der Waals surface area contributed by atoms with E-state index < -0.39 is 5.41 Å². The van der Waals surface area contributed by atoms with E-state index >= 15 is 0 Å². The molecule has 0 aromatic heterocycles. The molecule has 2 amide bonds. The lowest BCUT2D eigenvalue weighted by atomic mass is 9.92. The fourth-order valence-electron chi connectivity index (χ4n) is 4.37. The summed E-state index contributed by atoms with van der Waals surface area (Å²) in [6.07, 6.45) is 2.52. The van der Waals surface area contributed by atoms with Crippen molar-refractivity contribution in [1.82, 2.24) is 5.32 Å². The number of fused-ring (bicyclic) bond motifs is 3. The molecule has 0 radical (unpaired) electrons. The minimum Gasteiger partial charge on any atom is -0.492 e. The number of benzene rings is 2. The summed E-state index contributed by atoms with van der Waals surface area (Å²) < 4.78 is 5.98. The Balaban J connectivity index is 1.55. The van der Waals surface area contributed by atoms with Crippen LogP contribution >= 0.6 is 0 Å². The van der Waals surface area contributed by atoms with E-state index in [1.54, 1.807) is 4.90 Å². The molecular weight excluding hydrogens is 364 g/mol. The third kappa shape index (κ3) is 3.61. The van der Waals surface area contributed by atoms with Crippen molar-refractivity contribution in [2.24, 2.45) is 5.41 Å². The minimum atomic E-state index is -0.570. The van der Waals surface area contributed by atoms with E-state index in [9.17, 15) is 9.59 Å². The van der Waals surface area contributed by atoms with E-state index in [-0.39, 0.29) is 30.3 Å². The second kappa shape index (κ2) is 7.90. The molecule has 1 heterocycles. The fourth-order valence-corrected chi connectivity index (χ4v) is 4.37. The van der Waals surface area contributed by atoms with Crippen molar-refractivity contribution in [1.29, 1.82) is 0 Å². The molecule has 0 bridgehead atoms. The molecule has 0 unspecified atom stereocenters. The van der Waals surface area contributed by atoms with Crippen molar-refractivity contribution in [3.8, 4) is 5.75 Å². The maximum Gasteiger partial charge on any atom is 0.240 e. The van der Waals surface area contributed by atoms with Gasteiger partial charge in [-0.1, -0.05) is 50.2 Å². The van der Waals surface area contributed by atoms with E-state index in [1.807, 2.05) is 48.5 Å². The van der Waals surface area contributed by atoms with Crippen LogP contribution in [0, 0.1) is 5.41 Å². The number of rotatable bonds is 8. The highest BCUT2D eigenvalue weighted by molar-refractivity contribution is 6.07. The highest BCUT2D eigenvalue weighted by Gasteiger charge is 2.66. The lowest BCUT2D eigenvalue weighted by Crippen LogP contribution is -2.49. The van der Waals surface area contributed by atoms with Crippen molar-refractivity contribution in [3.63, 3.8) is 0 Å². The molecule has 2 aromatic rings. The molecule has 4 rings (SSSR count). The molecule has 1 aliphatic heterocycles. The van der Waals surface area contributed by atoms with Crippen LogP contribution in [0.25, 0.3) is 0 Å². The normalized spacial score (nSPS) is 22.1. The highest BCUT2D eigenvalue weighted by Crippen LogP contribution is 2.65. The lowest BCUT2D eigenvalue weighted by molar-refractivity contribution is -0.128. The number of hydrogen-bond donors (Lipinski definition) is 1. The number of ether oxygens (including phenoxy) is 1. The first-order chi connectivity index (χ1) is 14.1. The van der Waals surface area contributed by atoms with Crippen LogP contribution in [0.15, 0.2) is 54.6 Å². The van der Waals surface area contributed by atoms with Crippen LogP contribution in [0.5, 0.6) is 5.75 Å².